The van der Waals surface area contributed by atoms with Gasteiger partial charge in [-0.15, -0.1) is 10.2 Å². The van der Waals surface area contributed by atoms with Gasteiger partial charge in [-0.1, -0.05) is 17.7 Å². The largest absolute Gasteiger partial charge is 0.497 e. The summed E-state index contributed by atoms with van der Waals surface area (Å²) in [6, 6.07) is 16.2. The van der Waals surface area contributed by atoms with Gasteiger partial charge in [0.05, 0.1) is 17.7 Å². The van der Waals surface area contributed by atoms with Crippen LogP contribution in [0, 0.1) is 13.8 Å². The molecule has 0 spiro atoms. The highest BCUT2D eigenvalue weighted by Crippen LogP contribution is 2.21. The highest BCUT2D eigenvalue weighted by Gasteiger charge is 2.16. The Hall–Kier alpha value is -2.97. The van der Waals surface area contributed by atoms with Crippen LogP contribution in [-0.4, -0.2) is 38.9 Å². The van der Waals surface area contributed by atoms with E-state index in [0.29, 0.717) is 17.1 Å². The maximum atomic E-state index is 12.4. The van der Waals surface area contributed by atoms with E-state index in [0.717, 1.165) is 16.9 Å². The van der Waals surface area contributed by atoms with Crippen molar-refractivity contribution in [2.45, 2.75) is 18.7 Å². The van der Waals surface area contributed by atoms with Crippen molar-refractivity contribution in [3.8, 4) is 22.9 Å². The average Bonchev–Trinajstić information content (AvgIpc) is 2.71. The number of methoxy groups -OCH3 is 1. The number of hydrogen-bond acceptors (Lipinski definition) is 6. The highest BCUT2D eigenvalue weighted by atomic mass is 32.2. The Morgan fingerprint density at radius 3 is 2.34 bits per heavy atom. The zero-order valence-corrected chi connectivity index (χ0v) is 17.4. The Morgan fingerprint density at radius 1 is 0.966 bits per heavy atom. The van der Waals surface area contributed by atoms with Crippen molar-refractivity contribution in [1.82, 2.24) is 14.9 Å². The Labute approximate surface area is 170 Å². The number of nitrogens with one attached hydrogen (secondary N) is 1. The van der Waals surface area contributed by atoms with Crippen molar-refractivity contribution in [1.29, 1.82) is 0 Å². The molecule has 0 saturated heterocycles. The lowest BCUT2D eigenvalue weighted by atomic mass is 10.1. The molecule has 7 nitrogen and oxygen atoms in total. The second kappa shape index (κ2) is 9.02. The number of nitrogens with zero attached hydrogens (tertiary/aromatic N) is 2. The zero-order valence-electron chi connectivity index (χ0n) is 16.5. The first-order chi connectivity index (χ1) is 13.9. The van der Waals surface area contributed by atoms with Gasteiger partial charge in [-0.3, -0.25) is 0 Å². The van der Waals surface area contributed by atoms with Crippen molar-refractivity contribution < 1.29 is 17.9 Å². The summed E-state index contributed by atoms with van der Waals surface area (Å²) in [4.78, 5) is 0.270. The molecule has 0 fully saturated rings. The van der Waals surface area contributed by atoms with Crippen LogP contribution < -0.4 is 14.2 Å². The minimum Gasteiger partial charge on any atom is -0.497 e. The molecule has 8 heteroatoms. The van der Waals surface area contributed by atoms with Crippen LogP contribution in [0.15, 0.2) is 59.5 Å². The smallest absolute Gasteiger partial charge is 0.240 e. The van der Waals surface area contributed by atoms with Gasteiger partial charge in [-0.05, 0) is 55.8 Å². The number of aryl methyl sites for hydroxylation is 2. The van der Waals surface area contributed by atoms with E-state index in [1.54, 1.807) is 38.3 Å². The van der Waals surface area contributed by atoms with Crippen LogP contribution in [0.25, 0.3) is 11.3 Å². The molecule has 2 aromatic carbocycles. The SMILES string of the molecule is COc1ccc(-c2ccc(OCCNS(=O)(=O)c3ccc(C)cc3C)nn2)cc1. The lowest BCUT2D eigenvalue weighted by Gasteiger charge is -2.10. The van der Waals surface area contributed by atoms with Gasteiger partial charge in [-0.2, -0.15) is 0 Å². The lowest BCUT2D eigenvalue weighted by molar-refractivity contribution is 0.307. The van der Waals surface area contributed by atoms with E-state index < -0.39 is 10.0 Å². The monoisotopic (exact) mass is 413 g/mol. The molecule has 3 rings (SSSR count). The van der Waals surface area contributed by atoms with Crippen LogP contribution in [-0.2, 0) is 10.0 Å². The second-order valence-corrected chi connectivity index (χ2v) is 8.24. The molecule has 0 aliphatic rings. The summed E-state index contributed by atoms with van der Waals surface area (Å²) in [5.74, 6) is 1.10. The number of aromatic nitrogens is 2. The van der Waals surface area contributed by atoms with Gasteiger partial charge in [0.15, 0.2) is 0 Å². The summed E-state index contributed by atoms with van der Waals surface area (Å²) in [7, 11) is -1.97. The van der Waals surface area contributed by atoms with Gasteiger partial charge >= 0.3 is 0 Å². The summed E-state index contributed by atoms with van der Waals surface area (Å²) < 4.78 is 38.0. The van der Waals surface area contributed by atoms with E-state index in [4.69, 9.17) is 9.47 Å². The van der Waals surface area contributed by atoms with Gasteiger partial charge in [0, 0.05) is 18.2 Å². The third-order valence-electron chi connectivity index (χ3n) is 4.29. The highest BCUT2D eigenvalue weighted by molar-refractivity contribution is 7.89. The molecule has 0 bridgehead atoms. The Balaban J connectivity index is 1.54. The molecule has 0 atom stereocenters. The normalized spacial score (nSPS) is 11.3. The van der Waals surface area contributed by atoms with E-state index in [9.17, 15) is 8.42 Å². The predicted molar refractivity (Wildman–Crippen MR) is 111 cm³/mol. The molecule has 0 saturated carbocycles. The van der Waals surface area contributed by atoms with Crippen LogP contribution in [0.3, 0.4) is 0 Å². The number of ether oxygens (including phenoxy) is 2. The van der Waals surface area contributed by atoms with Crippen molar-refractivity contribution in [2.75, 3.05) is 20.3 Å². The molecule has 0 radical (unpaired) electrons. The first kappa shape index (κ1) is 20.8. The van der Waals surface area contributed by atoms with E-state index in [2.05, 4.69) is 14.9 Å². The number of benzene rings is 2. The fourth-order valence-corrected chi connectivity index (χ4v) is 4.06. The molecular weight excluding hydrogens is 390 g/mol. The number of hydrogen-bond donors (Lipinski definition) is 1. The van der Waals surface area contributed by atoms with Crippen molar-refractivity contribution in [3.63, 3.8) is 0 Å². The van der Waals surface area contributed by atoms with Crippen molar-refractivity contribution in [2.24, 2.45) is 0 Å². The maximum Gasteiger partial charge on any atom is 0.240 e. The summed E-state index contributed by atoms with van der Waals surface area (Å²) >= 11 is 0. The van der Waals surface area contributed by atoms with Crippen LogP contribution in [0.4, 0.5) is 0 Å². The zero-order chi connectivity index (χ0) is 20.9. The van der Waals surface area contributed by atoms with E-state index >= 15 is 0 Å². The molecule has 152 valence electrons. The van der Waals surface area contributed by atoms with Crippen LogP contribution in [0.5, 0.6) is 11.6 Å². The minimum atomic E-state index is -3.59. The predicted octanol–water partition coefficient (Wildman–Crippen LogP) is 3.13. The third kappa shape index (κ3) is 5.30. The standard InChI is InChI=1S/C21H23N3O4S/c1-15-4-10-20(16(2)14-15)29(25,26)22-12-13-28-21-11-9-19(23-24-21)17-5-7-18(27-3)8-6-17/h4-11,14,22H,12-13H2,1-3H3. The topological polar surface area (TPSA) is 90.4 Å². The Bertz CT molecular complexity index is 1070. The van der Waals surface area contributed by atoms with E-state index in [-0.39, 0.29) is 18.0 Å². The number of rotatable bonds is 8. The molecule has 0 aliphatic heterocycles. The quantitative estimate of drug-likeness (QED) is 0.571. The van der Waals surface area contributed by atoms with E-state index in [1.165, 1.54) is 0 Å². The first-order valence-corrected chi connectivity index (χ1v) is 10.6. The van der Waals surface area contributed by atoms with Gasteiger partial charge < -0.3 is 9.47 Å². The maximum absolute atomic E-state index is 12.4. The molecule has 0 amide bonds. The molecule has 3 aromatic rings. The fourth-order valence-electron chi connectivity index (χ4n) is 2.82. The summed E-state index contributed by atoms with van der Waals surface area (Å²) in [6.07, 6.45) is 0. The third-order valence-corrected chi connectivity index (χ3v) is 5.91. The molecular formula is C21H23N3O4S. The second-order valence-electron chi connectivity index (χ2n) is 6.50. The van der Waals surface area contributed by atoms with Crippen molar-refractivity contribution in [3.05, 3.63) is 65.7 Å². The Morgan fingerprint density at radius 2 is 1.72 bits per heavy atom. The average molecular weight is 413 g/mol. The van der Waals surface area contributed by atoms with Gasteiger partial charge in [0.25, 0.3) is 0 Å². The van der Waals surface area contributed by atoms with Crippen molar-refractivity contribution >= 4 is 10.0 Å². The summed E-state index contributed by atoms with van der Waals surface area (Å²) in [5.41, 5.74) is 3.33. The molecule has 0 aliphatic carbocycles. The molecule has 0 unspecified atom stereocenters. The van der Waals surface area contributed by atoms with Crippen LogP contribution in [0.1, 0.15) is 11.1 Å². The molecule has 1 N–H and O–H groups in total. The van der Waals surface area contributed by atoms with Gasteiger partial charge in [0.2, 0.25) is 15.9 Å². The molecule has 1 heterocycles. The molecule has 1 aromatic heterocycles. The van der Waals surface area contributed by atoms with Crippen LogP contribution in [0.2, 0.25) is 0 Å². The Kier molecular flexibility index (Phi) is 6.46. The summed E-state index contributed by atoms with van der Waals surface area (Å²) in [6.45, 7) is 3.96. The van der Waals surface area contributed by atoms with Gasteiger partial charge in [0.1, 0.15) is 12.4 Å². The van der Waals surface area contributed by atoms with Gasteiger partial charge in [-0.25, -0.2) is 13.1 Å². The fraction of sp³-hybridized carbons (Fsp3) is 0.238. The molecule has 29 heavy (non-hydrogen) atoms. The minimum absolute atomic E-state index is 0.123. The first-order valence-electron chi connectivity index (χ1n) is 9.07. The summed E-state index contributed by atoms with van der Waals surface area (Å²) in [5, 5.41) is 8.18. The number of sulfonamides is 1. The van der Waals surface area contributed by atoms with Crippen LogP contribution >= 0.6 is 0 Å². The lowest BCUT2D eigenvalue weighted by Crippen LogP contribution is -2.29. The van der Waals surface area contributed by atoms with E-state index in [1.807, 2.05) is 37.3 Å².